The molecule has 0 spiro atoms. The number of aryl methyl sites for hydroxylation is 1. The number of benzene rings is 2. The first-order chi connectivity index (χ1) is 20.0. The Kier molecular flexibility index (Phi) is 7.69. The molecule has 1 saturated heterocycles. The molecule has 9 nitrogen and oxygen atoms in total. The lowest BCUT2D eigenvalue weighted by Gasteiger charge is -2.26. The van der Waals surface area contributed by atoms with E-state index in [1.165, 1.54) is 31.0 Å². The van der Waals surface area contributed by atoms with Crippen LogP contribution in [-0.2, 0) is 6.54 Å². The zero-order chi connectivity index (χ0) is 28.2. The van der Waals surface area contributed by atoms with Crippen molar-refractivity contribution in [1.82, 2.24) is 24.6 Å². The number of nitrogens with one attached hydrogen (secondary N) is 3. The van der Waals surface area contributed by atoms with Gasteiger partial charge in [0.2, 0.25) is 0 Å². The predicted molar refractivity (Wildman–Crippen MR) is 161 cm³/mol. The number of hydrogen-bond acceptors (Lipinski definition) is 5. The molecule has 0 saturated carbocycles. The van der Waals surface area contributed by atoms with Crippen LogP contribution < -0.4 is 15.6 Å². The molecule has 0 unspecified atom stereocenters. The highest BCUT2D eigenvalue weighted by Gasteiger charge is 2.14. The van der Waals surface area contributed by atoms with Crippen molar-refractivity contribution in [1.29, 1.82) is 0 Å². The topological polar surface area (TPSA) is 108 Å². The van der Waals surface area contributed by atoms with Gasteiger partial charge in [-0.05, 0) is 68.8 Å². The number of hydrogen-bond donors (Lipinski definition) is 3. The van der Waals surface area contributed by atoms with Crippen molar-refractivity contribution in [3.05, 3.63) is 100 Å². The van der Waals surface area contributed by atoms with Crippen LogP contribution in [0.25, 0.3) is 22.2 Å². The van der Waals surface area contributed by atoms with Gasteiger partial charge in [0, 0.05) is 29.8 Å². The second-order valence-corrected chi connectivity index (χ2v) is 10.7. The molecule has 3 aromatic heterocycles. The summed E-state index contributed by atoms with van der Waals surface area (Å²) in [5.74, 6) is 0.499. The van der Waals surface area contributed by atoms with Crippen molar-refractivity contribution in [2.45, 2.75) is 32.7 Å². The molecule has 3 N–H and O–H groups in total. The van der Waals surface area contributed by atoms with Crippen molar-refractivity contribution >= 4 is 22.5 Å². The largest absolute Gasteiger partial charge is 0.492 e. The standard InChI is InChI=1S/C32H34N6O3/c1-22-5-7-23(8-6-22)20-38-21-25(18-34-38)31(39)35-26-17-28(32(40)33-19-26)30-16-24-15-27(9-10-29(24)36-30)41-14-13-37-11-3-2-4-12-37/h5-10,15-19,21,36H,2-4,11-14,20H2,1H3,(H,33,40)(H,35,39). The SMILES string of the molecule is Cc1ccc(Cn2cc(C(=O)Nc3c[nH]c(=O)c(-c4cc5cc(OCCN6CCCCC6)ccc5[nH]4)c3)cn2)cc1. The van der Waals surface area contributed by atoms with Crippen LogP contribution in [0, 0.1) is 6.92 Å². The number of aromatic nitrogens is 4. The molecule has 0 bridgehead atoms. The minimum absolute atomic E-state index is 0.251. The monoisotopic (exact) mass is 550 g/mol. The summed E-state index contributed by atoms with van der Waals surface area (Å²) < 4.78 is 7.75. The number of nitrogens with zero attached hydrogens (tertiary/aromatic N) is 3. The quantitative estimate of drug-likeness (QED) is 0.234. The Morgan fingerprint density at radius 1 is 1.05 bits per heavy atom. The summed E-state index contributed by atoms with van der Waals surface area (Å²) in [4.78, 5) is 34.2. The molecule has 6 rings (SSSR count). The summed E-state index contributed by atoms with van der Waals surface area (Å²) in [6.45, 7) is 6.49. The molecule has 1 aliphatic rings. The molecular weight excluding hydrogens is 516 g/mol. The van der Waals surface area contributed by atoms with Gasteiger partial charge in [-0.15, -0.1) is 0 Å². The van der Waals surface area contributed by atoms with E-state index in [0.717, 1.165) is 41.9 Å². The van der Waals surface area contributed by atoms with Gasteiger partial charge < -0.3 is 20.0 Å². The zero-order valence-corrected chi connectivity index (χ0v) is 23.2. The third-order valence-corrected chi connectivity index (χ3v) is 7.53. The molecule has 210 valence electrons. The number of anilines is 1. The van der Waals surface area contributed by atoms with E-state index in [0.29, 0.717) is 35.7 Å². The van der Waals surface area contributed by atoms with Gasteiger partial charge >= 0.3 is 0 Å². The number of piperidine rings is 1. The van der Waals surface area contributed by atoms with Crippen LogP contribution in [0.4, 0.5) is 5.69 Å². The van der Waals surface area contributed by atoms with Crippen molar-refractivity contribution in [2.24, 2.45) is 0 Å². The summed E-state index contributed by atoms with van der Waals surface area (Å²) >= 11 is 0. The first-order valence-electron chi connectivity index (χ1n) is 14.1. The number of fused-ring (bicyclic) bond motifs is 1. The normalized spacial score (nSPS) is 13.9. The average molecular weight is 551 g/mol. The molecule has 0 radical (unpaired) electrons. The average Bonchev–Trinajstić information content (AvgIpc) is 3.63. The number of carbonyl (C=O) groups is 1. The maximum absolute atomic E-state index is 12.9. The molecular formula is C32H34N6O3. The van der Waals surface area contributed by atoms with Crippen LogP contribution in [0.3, 0.4) is 0 Å². The van der Waals surface area contributed by atoms with Crippen LogP contribution >= 0.6 is 0 Å². The second-order valence-electron chi connectivity index (χ2n) is 10.7. The summed E-state index contributed by atoms with van der Waals surface area (Å²) in [6, 6.07) is 17.7. The Balaban J connectivity index is 1.12. The smallest absolute Gasteiger partial charge is 0.258 e. The van der Waals surface area contributed by atoms with Gasteiger partial charge in [-0.3, -0.25) is 19.2 Å². The lowest BCUT2D eigenvalue weighted by Crippen LogP contribution is -2.33. The Bertz CT molecular complexity index is 1710. The minimum atomic E-state index is -0.304. The van der Waals surface area contributed by atoms with Crippen molar-refractivity contribution < 1.29 is 9.53 Å². The fraction of sp³-hybridized carbons (Fsp3) is 0.281. The van der Waals surface area contributed by atoms with E-state index in [9.17, 15) is 9.59 Å². The number of H-pyrrole nitrogens is 2. The first kappa shape index (κ1) is 26.6. The maximum Gasteiger partial charge on any atom is 0.258 e. The summed E-state index contributed by atoms with van der Waals surface area (Å²) in [7, 11) is 0. The van der Waals surface area contributed by atoms with Gasteiger partial charge in [0.15, 0.2) is 0 Å². The van der Waals surface area contributed by atoms with Gasteiger partial charge in [-0.1, -0.05) is 36.2 Å². The van der Waals surface area contributed by atoms with E-state index in [1.807, 2.05) is 43.3 Å². The van der Waals surface area contributed by atoms with Crippen LogP contribution in [0.2, 0.25) is 0 Å². The van der Waals surface area contributed by atoms with Crippen molar-refractivity contribution in [3.63, 3.8) is 0 Å². The number of ether oxygens (including phenoxy) is 1. The molecule has 1 amide bonds. The van der Waals surface area contributed by atoms with Gasteiger partial charge in [-0.25, -0.2) is 0 Å². The Morgan fingerprint density at radius 2 is 1.88 bits per heavy atom. The maximum atomic E-state index is 12.9. The second kappa shape index (κ2) is 11.9. The molecule has 0 atom stereocenters. The molecule has 9 heteroatoms. The predicted octanol–water partition coefficient (Wildman–Crippen LogP) is 5.19. The van der Waals surface area contributed by atoms with E-state index in [1.54, 1.807) is 23.1 Å². The third kappa shape index (κ3) is 6.41. The van der Waals surface area contributed by atoms with Gasteiger partial charge in [0.1, 0.15) is 12.4 Å². The third-order valence-electron chi connectivity index (χ3n) is 7.53. The molecule has 1 aliphatic heterocycles. The zero-order valence-electron chi connectivity index (χ0n) is 23.2. The van der Waals surface area contributed by atoms with Crippen LogP contribution in [0.1, 0.15) is 40.7 Å². The van der Waals surface area contributed by atoms with Crippen molar-refractivity contribution in [3.8, 4) is 17.0 Å². The van der Waals surface area contributed by atoms with Crippen LogP contribution in [0.5, 0.6) is 5.75 Å². The van der Waals surface area contributed by atoms with Gasteiger partial charge in [-0.2, -0.15) is 5.10 Å². The summed E-state index contributed by atoms with van der Waals surface area (Å²) in [5, 5.41) is 8.15. The van der Waals surface area contributed by atoms with Crippen molar-refractivity contribution in [2.75, 3.05) is 31.6 Å². The minimum Gasteiger partial charge on any atom is -0.492 e. The molecule has 2 aromatic carbocycles. The Hall–Kier alpha value is -4.63. The van der Waals surface area contributed by atoms with E-state index < -0.39 is 0 Å². The van der Waals surface area contributed by atoms with Gasteiger partial charge in [0.25, 0.3) is 11.5 Å². The molecule has 1 fully saturated rings. The van der Waals surface area contributed by atoms with E-state index in [4.69, 9.17) is 4.74 Å². The fourth-order valence-corrected chi connectivity index (χ4v) is 5.23. The van der Waals surface area contributed by atoms with E-state index in [-0.39, 0.29) is 11.5 Å². The molecule has 5 aromatic rings. The number of aromatic amines is 2. The molecule has 4 heterocycles. The molecule has 0 aliphatic carbocycles. The first-order valence-corrected chi connectivity index (χ1v) is 14.1. The lowest BCUT2D eigenvalue weighted by molar-refractivity contribution is 0.102. The fourth-order valence-electron chi connectivity index (χ4n) is 5.23. The van der Waals surface area contributed by atoms with E-state index in [2.05, 4.69) is 37.4 Å². The number of carbonyl (C=O) groups excluding carboxylic acids is 1. The Labute approximate surface area is 238 Å². The number of likely N-dealkylation sites (tertiary alicyclic amines) is 1. The van der Waals surface area contributed by atoms with E-state index >= 15 is 0 Å². The highest BCUT2D eigenvalue weighted by atomic mass is 16.5. The highest BCUT2D eigenvalue weighted by Crippen LogP contribution is 2.27. The van der Waals surface area contributed by atoms with Gasteiger partial charge in [0.05, 0.1) is 35.2 Å². The number of amides is 1. The highest BCUT2D eigenvalue weighted by molar-refractivity contribution is 6.04. The van der Waals surface area contributed by atoms with Crippen LogP contribution in [0.15, 0.2) is 78.0 Å². The number of rotatable bonds is 9. The Morgan fingerprint density at radius 3 is 2.71 bits per heavy atom. The van der Waals surface area contributed by atoms with Crippen LogP contribution in [-0.4, -0.2) is 56.8 Å². The molecule has 41 heavy (non-hydrogen) atoms. The summed E-state index contributed by atoms with van der Waals surface area (Å²) in [5.41, 5.74) is 4.95. The lowest BCUT2D eigenvalue weighted by atomic mass is 10.1. The number of pyridine rings is 1. The summed E-state index contributed by atoms with van der Waals surface area (Å²) in [6.07, 6.45) is 8.61.